The van der Waals surface area contributed by atoms with Crippen LogP contribution in [0.5, 0.6) is 0 Å². The van der Waals surface area contributed by atoms with E-state index in [0.29, 0.717) is 12.8 Å². The van der Waals surface area contributed by atoms with Gasteiger partial charge in [-0.2, -0.15) is 5.26 Å². The van der Waals surface area contributed by atoms with Gasteiger partial charge in [-0.1, -0.05) is 47.5 Å². The number of nitrogens with zero attached hydrogens (tertiary/aromatic N) is 1. The van der Waals surface area contributed by atoms with E-state index in [-0.39, 0.29) is 12.3 Å². The fourth-order valence-electron chi connectivity index (χ4n) is 3.60. The number of nitriles is 1. The standard InChI is InChI=1S/C15H25NO4/c1-6-11(7-2)14(8-3,12(17)18)15(9-16,10(4)5)13(19)20/h10-11H,6-8H2,1-5H3,(H,17,18)(H,19,20). The summed E-state index contributed by atoms with van der Waals surface area (Å²) < 4.78 is 0. The first kappa shape index (κ1) is 18.4. The molecular formula is C15H25NO4. The highest BCUT2D eigenvalue weighted by Crippen LogP contribution is 2.54. The second-order valence-electron chi connectivity index (χ2n) is 5.52. The molecule has 0 spiro atoms. The molecule has 0 aromatic heterocycles. The van der Waals surface area contributed by atoms with Crippen LogP contribution in [0.25, 0.3) is 0 Å². The lowest BCUT2D eigenvalue weighted by molar-refractivity contribution is -0.180. The molecule has 0 radical (unpaired) electrons. The molecule has 0 saturated heterocycles. The molecule has 0 aliphatic carbocycles. The molecule has 0 fully saturated rings. The van der Waals surface area contributed by atoms with Gasteiger partial charge in [0.05, 0.1) is 11.5 Å². The maximum atomic E-state index is 12.0. The maximum absolute atomic E-state index is 12.0. The SMILES string of the molecule is CCC(CC)C(CC)(C(=O)O)C(C#N)(C(=O)O)C(C)C. The van der Waals surface area contributed by atoms with E-state index >= 15 is 0 Å². The van der Waals surface area contributed by atoms with E-state index in [9.17, 15) is 25.1 Å². The zero-order valence-corrected chi connectivity index (χ0v) is 12.9. The quantitative estimate of drug-likeness (QED) is 0.713. The van der Waals surface area contributed by atoms with Gasteiger partial charge in [-0.3, -0.25) is 9.59 Å². The molecule has 114 valence electrons. The van der Waals surface area contributed by atoms with Gasteiger partial charge in [0, 0.05) is 0 Å². The summed E-state index contributed by atoms with van der Waals surface area (Å²) in [6.45, 7) is 8.54. The van der Waals surface area contributed by atoms with Gasteiger partial charge in [0.1, 0.15) is 0 Å². The van der Waals surface area contributed by atoms with Crippen LogP contribution >= 0.6 is 0 Å². The van der Waals surface area contributed by atoms with Crippen LogP contribution in [-0.2, 0) is 9.59 Å². The van der Waals surface area contributed by atoms with Crippen molar-refractivity contribution in [3.8, 4) is 6.07 Å². The van der Waals surface area contributed by atoms with E-state index in [1.165, 1.54) is 0 Å². The van der Waals surface area contributed by atoms with Gasteiger partial charge in [-0.15, -0.1) is 0 Å². The predicted octanol–water partition coefficient (Wildman–Crippen LogP) is 3.15. The molecule has 0 aromatic rings. The Hall–Kier alpha value is -1.57. The molecule has 2 unspecified atom stereocenters. The Bertz CT molecular complexity index is 409. The van der Waals surface area contributed by atoms with E-state index in [4.69, 9.17) is 0 Å². The number of aliphatic carboxylic acids is 2. The van der Waals surface area contributed by atoms with Crippen molar-refractivity contribution in [2.24, 2.45) is 22.7 Å². The molecule has 0 rings (SSSR count). The molecule has 0 aliphatic rings. The lowest BCUT2D eigenvalue weighted by Gasteiger charge is -2.47. The fraction of sp³-hybridized carbons (Fsp3) is 0.800. The van der Waals surface area contributed by atoms with Gasteiger partial charge >= 0.3 is 11.9 Å². The van der Waals surface area contributed by atoms with Gasteiger partial charge < -0.3 is 10.2 Å². The van der Waals surface area contributed by atoms with E-state index in [1.807, 2.05) is 19.9 Å². The average molecular weight is 283 g/mol. The van der Waals surface area contributed by atoms with Crippen molar-refractivity contribution in [2.45, 2.75) is 53.9 Å². The third-order valence-electron chi connectivity index (χ3n) is 4.71. The first-order chi connectivity index (χ1) is 9.22. The molecule has 2 atom stereocenters. The molecule has 0 aromatic carbocycles. The van der Waals surface area contributed by atoms with Gasteiger partial charge in [0.25, 0.3) is 0 Å². The summed E-state index contributed by atoms with van der Waals surface area (Å²) in [4.78, 5) is 23.9. The normalized spacial score (nSPS) is 17.3. The lowest BCUT2D eigenvalue weighted by Crippen LogP contribution is -2.58. The number of carbonyl (C=O) groups is 2. The molecule has 0 amide bonds. The van der Waals surface area contributed by atoms with Crippen molar-refractivity contribution in [1.29, 1.82) is 5.26 Å². The van der Waals surface area contributed by atoms with Crippen LogP contribution in [0.15, 0.2) is 0 Å². The number of rotatable bonds is 8. The summed E-state index contributed by atoms with van der Waals surface area (Å²) in [6.07, 6.45) is 1.17. The van der Waals surface area contributed by atoms with Gasteiger partial charge in [-0.25, -0.2) is 0 Å². The Labute approximate surface area is 120 Å². The zero-order chi connectivity index (χ0) is 16.1. The highest BCUT2D eigenvalue weighted by Gasteiger charge is 2.65. The lowest BCUT2D eigenvalue weighted by atomic mass is 9.51. The van der Waals surface area contributed by atoms with Crippen molar-refractivity contribution < 1.29 is 19.8 Å². The van der Waals surface area contributed by atoms with E-state index in [1.54, 1.807) is 20.8 Å². The Kier molecular flexibility index (Phi) is 6.21. The minimum atomic E-state index is -1.93. The van der Waals surface area contributed by atoms with Gasteiger partial charge in [0.15, 0.2) is 5.41 Å². The van der Waals surface area contributed by atoms with Crippen LogP contribution in [0.2, 0.25) is 0 Å². The largest absolute Gasteiger partial charge is 0.481 e. The Morgan fingerprint density at radius 2 is 1.55 bits per heavy atom. The van der Waals surface area contributed by atoms with E-state index in [2.05, 4.69) is 0 Å². The highest BCUT2D eigenvalue weighted by molar-refractivity contribution is 5.89. The summed E-state index contributed by atoms with van der Waals surface area (Å²) >= 11 is 0. The van der Waals surface area contributed by atoms with Crippen molar-refractivity contribution >= 4 is 11.9 Å². The molecule has 0 bridgehead atoms. The minimum Gasteiger partial charge on any atom is -0.481 e. The van der Waals surface area contributed by atoms with Crippen LogP contribution in [0.3, 0.4) is 0 Å². The third kappa shape index (κ3) is 2.28. The summed E-state index contributed by atoms with van der Waals surface area (Å²) in [7, 11) is 0. The molecule has 5 heteroatoms. The highest BCUT2D eigenvalue weighted by atomic mass is 16.4. The molecule has 0 heterocycles. The van der Waals surface area contributed by atoms with Gasteiger partial charge in [0.2, 0.25) is 0 Å². The Morgan fingerprint density at radius 3 is 1.70 bits per heavy atom. The second-order valence-corrected chi connectivity index (χ2v) is 5.52. The summed E-state index contributed by atoms with van der Waals surface area (Å²) in [5, 5.41) is 29.0. The van der Waals surface area contributed by atoms with Crippen molar-refractivity contribution in [2.75, 3.05) is 0 Å². The molecule has 20 heavy (non-hydrogen) atoms. The predicted molar refractivity (Wildman–Crippen MR) is 75.0 cm³/mol. The Balaban J connectivity index is 6.56. The number of carboxylic acid groups (broad SMARTS) is 2. The molecular weight excluding hydrogens is 258 g/mol. The first-order valence-corrected chi connectivity index (χ1v) is 7.10. The number of hydrogen-bond donors (Lipinski definition) is 2. The van der Waals surface area contributed by atoms with Gasteiger partial charge in [-0.05, 0) is 18.3 Å². The first-order valence-electron chi connectivity index (χ1n) is 7.10. The zero-order valence-electron chi connectivity index (χ0n) is 12.9. The number of hydrogen-bond acceptors (Lipinski definition) is 3. The monoisotopic (exact) mass is 283 g/mol. The Morgan fingerprint density at radius 1 is 1.10 bits per heavy atom. The van der Waals surface area contributed by atoms with Crippen LogP contribution in [0.1, 0.15) is 53.9 Å². The van der Waals surface area contributed by atoms with Crippen molar-refractivity contribution in [3.63, 3.8) is 0 Å². The van der Waals surface area contributed by atoms with Crippen LogP contribution < -0.4 is 0 Å². The van der Waals surface area contributed by atoms with Crippen molar-refractivity contribution in [1.82, 2.24) is 0 Å². The second kappa shape index (κ2) is 6.74. The average Bonchev–Trinajstić information content (AvgIpc) is 2.37. The fourth-order valence-corrected chi connectivity index (χ4v) is 3.60. The van der Waals surface area contributed by atoms with Crippen LogP contribution in [0, 0.1) is 34.0 Å². The molecule has 2 N–H and O–H groups in total. The summed E-state index contributed by atoms with van der Waals surface area (Å²) in [5.74, 6) is -3.48. The molecule has 5 nitrogen and oxygen atoms in total. The smallest absolute Gasteiger partial charge is 0.325 e. The maximum Gasteiger partial charge on any atom is 0.325 e. The van der Waals surface area contributed by atoms with Crippen molar-refractivity contribution in [3.05, 3.63) is 0 Å². The number of carboxylic acids is 2. The van der Waals surface area contributed by atoms with E-state index < -0.39 is 28.7 Å². The minimum absolute atomic E-state index is 0.118. The molecule has 0 aliphatic heterocycles. The van der Waals surface area contributed by atoms with Crippen LogP contribution in [-0.4, -0.2) is 22.2 Å². The third-order valence-corrected chi connectivity index (χ3v) is 4.71. The van der Waals surface area contributed by atoms with Crippen LogP contribution in [0.4, 0.5) is 0 Å². The summed E-state index contributed by atoms with van der Waals surface area (Å²) in [6, 6.07) is 1.86. The molecule has 0 saturated carbocycles. The van der Waals surface area contributed by atoms with E-state index in [0.717, 1.165) is 0 Å². The topological polar surface area (TPSA) is 98.4 Å². The summed E-state index contributed by atoms with van der Waals surface area (Å²) in [5.41, 5.74) is -3.50.